The summed E-state index contributed by atoms with van der Waals surface area (Å²) in [5, 5.41) is 10.2. The van der Waals surface area contributed by atoms with Crippen molar-refractivity contribution in [2.75, 3.05) is 0 Å². The van der Waals surface area contributed by atoms with Gasteiger partial charge in [0, 0.05) is 11.6 Å². The lowest BCUT2D eigenvalue weighted by Crippen LogP contribution is -2.34. The normalized spacial score (nSPS) is 19.2. The third kappa shape index (κ3) is 3.65. The quantitative estimate of drug-likeness (QED) is 0.840. The molecule has 1 aromatic rings. The maximum absolute atomic E-state index is 13.6. The lowest BCUT2D eigenvalue weighted by molar-refractivity contribution is 0.0606. The van der Waals surface area contributed by atoms with Crippen LogP contribution in [0.25, 0.3) is 0 Å². The van der Waals surface area contributed by atoms with E-state index in [2.05, 4.69) is 0 Å². The smallest absolute Gasteiger partial charge is 0.161 e. The van der Waals surface area contributed by atoms with Crippen molar-refractivity contribution in [2.45, 2.75) is 44.2 Å². The molecule has 1 aliphatic rings. The topological polar surface area (TPSA) is 46.2 Å². The fourth-order valence-electron chi connectivity index (χ4n) is 2.75. The Labute approximate surface area is 122 Å². The van der Waals surface area contributed by atoms with Gasteiger partial charge in [-0.25, -0.2) is 13.2 Å². The number of aliphatic hydroxyl groups is 1. The molecule has 6 heteroatoms. The highest BCUT2D eigenvalue weighted by molar-refractivity contribution is 5.85. The molecular weight excluding hydrogens is 291 g/mol. The fourth-order valence-corrected chi connectivity index (χ4v) is 2.75. The van der Waals surface area contributed by atoms with E-state index in [1.807, 2.05) is 0 Å². The Balaban J connectivity index is 0.00000200. The first kappa shape index (κ1) is 17.3. The van der Waals surface area contributed by atoms with E-state index in [-0.39, 0.29) is 23.9 Å². The van der Waals surface area contributed by atoms with Gasteiger partial charge in [0.1, 0.15) is 5.82 Å². The van der Waals surface area contributed by atoms with Gasteiger partial charge in [0.05, 0.1) is 12.1 Å². The first-order valence-electron chi connectivity index (χ1n) is 6.59. The molecule has 3 N–H and O–H groups in total. The number of aliphatic hydroxyl groups excluding tert-OH is 1. The predicted octanol–water partition coefficient (Wildman–Crippen LogP) is 3.47. The third-order valence-electron chi connectivity index (χ3n) is 3.90. The van der Waals surface area contributed by atoms with Gasteiger partial charge < -0.3 is 10.8 Å². The van der Waals surface area contributed by atoms with E-state index in [4.69, 9.17) is 5.73 Å². The second-order valence-corrected chi connectivity index (χ2v) is 5.20. The molecule has 2 atom stereocenters. The molecule has 0 bridgehead atoms. The largest absolute Gasteiger partial charge is 0.391 e. The van der Waals surface area contributed by atoms with Gasteiger partial charge in [-0.1, -0.05) is 19.3 Å². The third-order valence-corrected chi connectivity index (χ3v) is 3.90. The molecule has 1 aliphatic carbocycles. The summed E-state index contributed by atoms with van der Waals surface area (Å²) in [5.74, 6) is -3.32. The van der Waals surface area contributed by atoms with Crippen LogP contribution in [-0.2, 0) is 0 Å². The van der Waals surface area contributed by atoms with Crippen molar-refractivity contribution in [3.05, 3.63) is 35.1 Å². The molecule has 2 nitrogen and oxygen atoms in total. The summed E-state index contributed by atoms with van der Waals surface area (Å²) in [6.07, 6.45) is 3.88. The maximum atomic E-state index is 13.6. The van der Waals surface area contributed by atoms with Crippen LogP contribution in [0.15, 0.2) is 12.1 Å². The van der Waals surface area contributed by atoms with Gasteiger partial charge in [0.2, 0.25) is 0 Å². The Bertz CT molecular complexity index is 452. The summed E-state index contributed by atoms with van der Waals surface area (Å²) in [5.41, 5.74) is 5.64. The van der Waals surface area contributed by atoms with E-state index in [0.29, 0.717) is 6.07 Å². The zero-order valence-corrected chi connectivity index (χ0v) is 11.8. The van der Waals surface area contributed by atoms with E-state index in [1.165, 1.54) is 0 Å². The molecule has 0 heterocycles. The van der Waals surface area contributed by atoms with Gasteiger partial charge in [0.25, 0.3) is 0 Å². The van der Waals surface area contributed by atoms with Crippen molar-refractivity contribution in [2.24, 2.45) is 11.7 Å². The summed E-state index contributed by atoms with van der Waals surface area (Å²) in [7, 11) is 0. The summed E-state index contributed by atoms with van der Waals surface area (Å²) in [4.78, 5) is 0. The Morgan fingerprint density at radius 3 is 2.15 bits per heavy atom. The molecule has 1 saturated carbocycles. The molecule has 1 aromatic carbocycles. The van der Waals surface area contributed by atoms with E-state index >= 15 is 0 Å². The van der Waals surface area contributed by atoms with Crippen LogP contribution in [-0.4, -0.2) is 11.2 Å². The summed E-state index contributed by atoms with van der Waals surface area (Å²) in [6.45, 7) is 0. The molecule has 0 unspecified atom stereocenters. The van der Waals surface area contributed by atoms with Crippen LogP contribution in [0.4, 0.5) is 13.2 Å². The van der Waals surface area contributed by atoms with Crippen LogP contribution in [0.5, 0.6) is 0 Å². The molecule has 0 saturated heterocycles. The van der Waals surface area contributed by atoms with Crippen molar-refractivity contribution >= 4 is 12.4 Å². The molecule has 1 fully saturated rings. The van der Waals surface area contributed by atoms with Crippen LogP contribution >= 0.6 is 12.4 Å². The molecule has 0 amide bonds. The van der Waals surface area contributed by atoms with Crippen molar-refractivity contribution in [1.29, 1.82) is 0 Å². The molecule has 0 spiro atoms. The lowest BCUT2D eigenvalue weighted by atomic mass is 9.81. The van der Waals surface area contributed by atoms with Crippen LogP contribution in [0.2, 0.25) is 0 Å². The lowest BCUT2D eigenvalue weighted by Gasteiger charge is -2.30. The first-order chi connectivity index (χ1) is 9.00. The van der Waals surface area contributed by atoms with Gasteiger partial charge in [0.15, 0.2) is 11.6 Å². The van der Waals surface area contributed by atoms with Crippen LogP contribution in [0, 0.1) is 23.4 Å². The minimum atomic E-state index is -1.25. The molecule has 0 radical (unpaired) electrons. The van der Waals surface area contributed by atoms with Crippen molar-refractivity contribution < 1.29 is 18.3 Å². The zero-order valence-electron chi connectivity index (χ0n) is 11.0. The Kier molecular flexibility index (Phi) is 6.30. The second kappa shape index (κ2) is 7.29. The molecular formula is C14H19ClF3NO. The average molecular weight is 310 g/mol. The number of halogens is 4. The van der Waals surface area contributed by atoms with Crippen molar-refractivity contribution in [1.82, 2.24) is 0 Å². The summed E-state index contributed by atoms with van der Waals surface area (Å²) < 4.78 is 39.6. The second-order valence-electron chi connectivity index (χ2n) is 5.20. The van der Waals surface area contributed by atoms with Crippen molar-refractivity contribution in [3.63, 3.8) is 0 Å². The van der Waals surface area contributed by atoms with Gasteiger partial charge in [-0.05, 0) is 24.8 Å². The highest BCUT2D eigenvalue weighted by Crippen LogP contribution is 2.32. The van der Waals surface area contributed by atoms with Gasteiger partial charge >= 0.3 is 0 Å². The van der Waals surface area contributed by atoms with Gasteiger partial charge in [-0.2, -0.15) is 0 Å². The number of nitrogens with two attached hydrogens (primary N) is 1. The molecule has 0 aliphatic heterocycles. The predicted molar refractivity (Wildman–Crippen MR) is 73.1 cm³/mol. The average Bonchev–Trinajstić information content (AvgIpc) is 2.42. The number of benzene rings is 1. The Morgan fingerprint density at radius 1 is 1.00 bits per heavy atom. The minimum absolute atomic E-state index is 0. The van der Waals surface area contributed by atoms with E-state index < -0.39 is 29.6 Å². The first-order valence-corrected chi connectivity index (χ1v) is 6.59. The van der Waals surface area contributed by atoms with E-state index in [1.54, 1.807) is 0 Å². The zero-order chi connectivity index (χ0) is 14.0. The van der Waals surface area contributed by atoms with Crippen LogP contribution < -0.4 is 5.73 Å². The van der Waals surface area contributed by atoms with Gasteiger partial charge in [-0.15, -0.1) is 12.4 Å². The molecule has 20 heavy (non-hydrogen) atoms. The van der Waals surface area contributed by atoms with Crippen LogP contribution in [0.3, 0.4) is 0 Å². The van der Waals surface area contributed by atoms with E-state index in [0.717, 1.165) is 38.2 Å². The number of hydrogen-bond donors (Lipinski definition) is 2. The number of rotatable bonds is 3. The summed E-state index contributed by atoms with van der Waals surface area (Å²) >= 11 is 0. The molecule has 2 rings (SSSR count). The molecule has 114 valence electrons. The summed E-state index contributed by atoms with van der Waals surface area (Å²) in [6, 6.07) is 0.178. The van der Waals surface area contributed by atoms with Gasteiger partial charge in [-0.3, -0.25) is 0 Å². The Morgan fingerprint density at radius 2 is 1.55 bits per heavy atom. The highest BCUT2D eigenvalue weighted by Gasteiger charge is 2.29. The minimum Gasteiger partial charge on any atom is -0.391 e. The number of hydrogen-bond acceptors (Lipinski definition) is 2. The maximum Gasteiger partial charge on any atom is 0.161 e. The monoisotopic (exact) mass is 309 g/mol. The SMILES string of the molecule is Cl.N[C@@H](c1cc(F)c(F)cc1F)[C@H](O)C1CCCCC1. The van der Waals surface area contributed by atoms with E-state index in [9.17, 15) is 18.3 Å². The Hall–Kier alpha value is -0.780. The fraction of sp³-hybridized carbons (Fsp3) is 0.571. The van der Waals surface area contributed by atoms with Crippen molar-refractivity contribution in [3.8, 4) is 0 Å². The molecule has 0 aromatic heterocycles. The van der Waals surface area contributed by atoms with Crippen LogP contribution in [0.1, 0.15) is 43.7 Å². The highest BCUT2D eigenvalue weighted by atomic mass is 35.5. The standard InChI is InChI=1S/C14H18F3NO.ClH/c15-10-7-12(17)11(16)6-9(10)13(18)14(19)8-4-2-1-3-5-8;/h6-8,13-14,19H,1-5,18H2;1H/t13-,14+;/m0./s1.